The number of hydrogen-bond acceptors (Lipinski definition) is 5. The lowest BCUT2D eigenvalue weighted by molar-refractivity contribution is 1.01. The molecule has 3 rings (SSSR count). The van der Waals surface area contributed by atoms with Gasteiger partial charge in [-0.3, -0.25) is 4.98 Å². The van der Waals surface area contributed by atoms with Crippen LogP contribution in [0, 0.1) is 6.92 Å². The van der Waals surface area contributed by atoms with Gasteiger partial charge in [0, 0.05) is 22.8 Å². The second-order valence-electron chi connectivity index (χ2n) is 4.41. The van der Waals surface area contributed by atoms with Crippen LogP contribution < -0.4 is 5.32 Å². The van der Waals surface area contributed by atoms with Gasteiger partial charge < -0.3 is 5.32 Å². The van der Waals surface area contributed by atoms with E-state index in [2.05, 4.69) is 19.7 Å². The summed E-state index contributed by atoms with van der Waals surface area (Å²) in [5.74, 6) is 0.760. The zero-order valence-corrected chi connectivity index (χ0v) is 11.9. The van der Waals surface area contributed by atoms with Crippen molar-refractivity contribution in [1.29, 1.82) is 0 Å². The fourth-order valence-electron chi connectivity index (χ4n) is 1.86. The first-order chi connectivity index (χ1) is 9.81. The fraction of sp³-hybridized carbons (Fsp3) is 0.133. The van der Waals surface area contributed by atoms with E-state index in [0.717, 1.165) is 27.9 Å². The molecule has 2 heterocycles. The number of benzene rings is 1. The van der Waals surface area contributed by atoms with E-state index in [-0.39, 0.29) is 0 Å². The summed E-state index contributed by atoms with van der Waals surface area (Å²) >= 11 is 1.37. The molecule has 3 aromatic rings. The Morgan fingerprint density at radius 1 is 1.00 bits per heavy atom. The first kappa shape index (κ1) is 12.7. The number of hydrogen-bond donors (Lipinski definition) is 1. The first-order valence-electron chi connectivity index (χ1n) is 6.37. The van der Waals surface area contributed by atoms with Crippen molar-refractivity contribution < 1.29 is 0 Å². The molecule has 5 heteroatoms. The molecule has 0 aliphatic heterocycles. The zero-order valence-electron chi connectivity index (χ0n) is 11.1. The summed E-state index contributed by atoms with van der Waals surface area (Å²) in [6, 6.07) is 16.0. The largest absolute Gasteiger partial charge is 0.355 e. The van der Waals surface area contributed by atoms with Gasteiger partial charge in [0.05, 0.1) is 12.2 Å². The Morgan fingerprint density at radius 2 is 1.85 bits per heavy atom. The lowest BCUT2D eigenvalue weighted by atomic mass is 10.2. The Labute approximate surface area is 121 Å². The highest BCUT2D eigenvalue weighted by Gasteiger charge is 2.05. The second-order valence-corrected chi connectivity index (χ2v) is 5.16. The summed E-state index contributed by atoms with van der Waals surface area (Å²) in [7, 11) is 0. The maximum atomic E-state index is 4.49. The molecule has 0 aliphatic carbocycles. The van der Waals surface area contributed by atoms with Gasteiger partial charge in [0.2, 0.25) is 5.13 Å². The summed E-state index contributed by atoms with van der Waals surface area (Å²) in [5, 5.41) is 4.07. The number of anilines is 1. The van der Waals surface area contributed by atoms with E-state index in [9.17, 15) is 0 Å². The zero-order chi connectivity index (χ0) is 13.8. The molecule has 0 radical (unpaired) electrons. The van der Waals surface area contributed by atoms with Gasteiger partial charge in [0.25, 0.3) is 0 Å². The van der Waals surface area contributed by atoms with Gasteiger partial charge >= 0.3 is 0 Å². The third kappa shape index (κ3) is 3.00. The topological polar surface area (TPSA) is 50.7 Å². The Hall–Kier alpha value is -2.27. The number of pyridine rings is 1. The van der Waals surface area contributed by atoms with E-state index in [1.807, 2.05) is 55.5 Å². The lowest BCUT2D eigenvalue weighted by Gasteiger charge is -2.02. The van der Waals surface area contributed by atoms with Crippen LogP contribution in [-0.2, 0) is 6.54 Å². The van der Waals surface area contributed by atoms with Gasteiger partial charge in [-0.1, -0.05) is 36.4 Å². The Kier molecular flexibility index (Phi) is 3.69. The van der Waals surface area contributed by atoms with Crippen molar-refractivity contribution >= 4 is 16.7 Å². The van der Waals surface area contributed by atoms with Crippen molar-refractivity contribution in [1.82, 2.24) is 14.3 Å². The molecule has 0 aliphatic rings. The van der Waals surface area contributed by atoms with Gasteiger partial charge in [-0.15, -0.1) is 0 Å². The highest BCUT2D eigenvalue weighted by atomic mass is 32.1. The predicted molar refractivity (Wildman–Crippen MR) is 81.6 cm³/mol. The van der Waals surface area contributed by atoms with E-state index in [0.29, 0.717) is 6.54 Å². The third-order valence-corrected chi connectivity index (χ3v) is 3.50. The van der Waals surface area contributed by atoms with Gasteiger partial charge in [0.1, 0.15) is 0 Å². The van der Waals surface area contributed by atoms with Crippen LogP contribution >= 0.6 is 11.5 Å². The van der Waals surface area contributed by atoms with Crippen LogP contribution in [0.2, 0.25) is 0 Å². The van der Waals surface area contributed by atoms with E-state index in [1.165, 1.54) is 11.5 Å². The summed E-state index contributed by atoms with van der Waals surface area (Å²) in [4.78, 5) is 8.93. The maximum absolute atomic E-state index is 4.49. The molecule has 0 fully saturated rings. The van der Waals surface area contributed by atoms with Crippen molar-refractivity contribution in [2.45, 2.75) is 13.5 Å². The molecule has 0 bridgehead atoms. The van der Waals surface area contributed by atoms with Gasteiger partial charge in [-0.25, -0.2) is 0 Å². The van der Waals surface area contributed by atoms with Crippen LogP contribution in [-0.4, -0.2) is 14.3 Å². The summed E-state index contributed by atoms with van der Waals surface area (Å²) in [6.45, 7) is 2.65. The van der Waals surface area contributed by atoms with Gasteiger partial charge in [0.15, 0.2) is 5.82 Å². The highest BCUT2D eigenvalue weighted by Crippen LogP contribution is 2.20. The highest BCUT2D eigenvalue weighted by molar-refractivity contribution is 7.09. The van der Waals surface area contributed by atoms with Crippen LogP contribution in [0.3, 0.4) is 0 Å². The molecule has 2 aromatic heterocycles. The molecular formula is C15H14N4S. The van der Waals surface area contributed by atoms with Crippen molar-refractivity contribution in [3.05, 3.63) is 59.9 Å². The van der Waals surface area contributed by atoms with E-state index in [4.69, 9.17) is 0 Å². The number of nitrogens with zero attached hydrogens (tertiary/aromatic N) is 3. The van der Waals surface area contributed by atoms with Crippen LogP contribution in [0.1, 0.15) is 11.4 Å². The minimum Gasteiger partial charge on any atom is -0.355 e. The van der Waals surface area contributed by atoms with E-state index >= 15 is 0 Å². The number of aryl methyl sites for hydroxylation is 1. The molecule has 1 N–H and O–H groups in total. The normalized spacial score (nSPS) is 10.4. The molecule has 0 unspecified atom stereocenters. The Morgan fingerprint density at radius 3 is 2.65 bits per heavy atom. The van der Waals surface area contributed by atoms with Crippen molar-refractivity contribution in [3.8, 4) is 11.4 Å². The molecule has 20 heavy (non-hydrogen) atoms. The smallest absolute Gasteiger partial charge is 0.203 e. The Bertz CT molecular complexity index is 694. The lowest BCUT2D eigenvalue weighted by Crippen LogP contribution is -2.01. The number of aromatic nitrogens is 3. The average molecular weight is 282 g/mol. The number of nitrogens with one attached hydrogen (secondary N) is 1. The first-order valence-corrected chi connectivity index (χ1v) is 7.14. The molecule has 100 valence electrons. The molecule has 1 aromatic carbocycles. The van der Waals surface area contributed by atoms with Crippen molar-refractivity contribution in [2.24, 2.45) is 0 Å². The minimum atomic E-state index is 0.658. The quantitative estimate of drug-likeness (QED) is 0.795. The van der Waals surface area contributed by atoms with Gasteiger partial charge in [-0.2, -0.15) is 9.36 Å². The summed E-state index contributed by atoms with van der Waals surface area (Å²) in [6.07, 6.45) is 0. The summed E-state index contributed by atoms with van der Waals surface area (Å²) in [5.41, 5.74) is 3.05. The van der Waals surface area contributed by atoms with Gasteiger partial charge in [-0.05, 0) is 19.1 Å². The average Bonchev–Trinajstić information content (AvgIpc) is 2.95. The van der Waals surface area contributed by atoms with Crippen molar-refractivity contribution in [2.75, 3.05) is 5.32 Å². The SMILES string of the molecule is Cc1cccc(CNc2nc(-c3ccccc3)ns2)n1. The number of rotatable bonds is 4. The molecule has 0 saturated heterocycles. The molecule has 0 amide bonds. The fourth-order valence-corrected chi connectivity index (χ4v) is 2.45. The van der Waals surface area contributed by atoms with E-state index in [1.54, 1.807) is 0 Å². The van der Waals surface area contributed by atoms with Crippen LogP contribution in [0.25, 0.3) is 11.4 Å². The molecule has 4 nitrogen and oxygen atoms in total. The van der Waals surface area contributed by atoms with E-state index < -0.39 is 0 Å². The molecule has 0 saturated carbocycles. The predicted octanol–water partition coefficient (Wildman–Crippen LogP) is 3.52. The second kappa shape index (κ2) is 5.79. The minimum absolute atomic E-state index is 0.658. The van der Waals surface area contributed by atoms with Crippen LogP contribution in [0.5, 0.6) is 0 Å². The maximum Gasteiger partial charge on any atom is 0.203 e. The van der Waals surface area contributed by atoms with Crippen molar-refractivity contribution in [3.63, 3.8) is 0 Å². The molecular weight excluding hydrogens is 268 g/mol. The molecule has 0 spiro atoms. The summed E-state index contributed by atoms with van der Waals surface area (Å²) < 4.78 is 4.36. The van der Waals surface area contributed by atoms with Crippen LogP contribution in [0.4, 0.5) is 5.13 Å². The third-order valence-electron chi connectivity index (χ3n) is 2.82. The molecule has 0 atom stereocenters. The van der Waals surface area contributed by atoms with Crippen LogP contribution in [0.15, 0.2) is 48.5 Å². The monoisotopic (exact) mass is 282 g/mol. The Balaban J connectivity index is 1.69. The standard InChI is InChI=1S/C15H14N4S/c1-11-6-5-9-13(17-11)10-16-15-18-14(19-20-15)12-7-3-2-4-8-12/h2-9H,10H2,1H3,(H,16,18,19).